The highest BCUT2D eigenvalue weighted by molar-refractivity contribution is 5.91. The maximum Gasteiger partial charge on any atom is 0.288 e. The summed E-state index contributed by atoms with van der Waals surface area (Å²) in [6.07, 6.45) is 3.82. The van der Waals surface area contributed by atoms with Crippen LogP contribution in [0, 0.1) is 5.92 Å². The van der Waals surface area contributed by atoms with Crippen molar-refractivity contribution in [3.05, 3.63) is 17.8 Å². The molecule has 0 spiro atoms. The number of nitrogens with zero attached hydrogens (tertiary/aromatic N) is 2. The van der Waals surface area contributed by atoms with E-state index in [1.54, 1.807) is 6.20 Å². The minimum absolute atomic E-state index is 0.133. The van der Waals surface area contributed by atoms with Gasteiger partial charge >= 0.3 is 0 Å². The fourth-order valence-corrected chi connectivity index (χ4v) is 2.76. The lowest BCUT2D eigenvalue weighted by molar-refractivity contribution is 0.0901. The molecular weight excluding hydrogens is 254 g/mol. The summed E-state index contributed by atoms with van der Waals surface area (Å²) in [5, 5.41) is 3.09. The third kappa shape index (κ3) is 2.73. The number of amides is 1. The molecule has 1 amide bonds. The fraction of sp³-hybridized carbons (Fsp3) is 0.733. The van der Waals surface area contributed by atoms with Crippen LogP contribution < -0.4 is 5.32 Å². The summed E-state index contributed by atoms with van der Waals surface area (Å²) >= 11 is 0. The van der Waals surface area contributed by atoms with Crippen molar-refractivity contribution in [2.45, 2.75) is 51.6 Å². The lowest BCUT2D eigenvalue weighted by Crippen LogP contribution is -2.40. The Morgan fingerprint density at radius 1 is 1.45 bits per heavy atom. The quantitative estimate of drug-likeness (QED) is 0.914. The Kier molecular flexibility index (Phi) is 3.54. The Hall–Kier alpha value is -1.36. The lowest BCUT2D eigenvalue weighted by Gasteiger charge is -2.20. The minimum atomic E-state index is -0.133. The van der Waals surface area contributed by atoms with Gasteiger partial charge in [0.15, 0.2) is 5.89 Å². The molecule has 1 aromatic rings. The first-order valence-electron chi connectivity index (χ1n) is 7.55. The number of aromatic nitrogens is 1. The highest BCUT2D eigenvalue weighted by atomic mass is 16.4. The van der Waals surface area contributed by atoms with Crippen LogP contribution in [0.3, 0.4) is 0 Å². The maximum absolute atomic E-state index is 12.2. The Morgan fingerprint density at radius 2 is 2.20 bits per heavy atom. The Balaban J connectivity index is 1.60. The molecule has 1 N–H and O–H groups in total. The van der Waals surface area contributed by atoms with Gasteiger partial charge in [-0.3, -0.25) is 9.69 Å². The van der Waals surface area contributed by atoms with E-state index in [9.17, 15) is 4.79 Å². The number of nitrogens with one attached hydrogen (secondary N) is 1. The van der Waals surface area contributed by atoms with Crippen molar-refractivity contribution in [1.82, 2.24) is 15.2 Å². The molecule has 110 valence electrons. The molecule has 0 radical (unpaired) electrons. The third-order valence-electron chi connectivity index (χ3n) is 4.36. The van der Waals surface area contributed by atoms with Gasteiger partial charge in [-0.15, -0.1) is 0 Å². The van der Waals surface area contributed by atoms with Gasteiger partial charge < -0.3 is 9.73 Å². The number of hydrogen-bond donors (Lipinski definition) is 1. The molecule has 5 heteroatoms. The normalized spacial score (nSPS) is 27.2. The molecule has 1 saturated heterocycles. The molecule has 5 nitrogen and oxygen atoms in total. The first kappa shape index (κ1) is 13.6. The Labute approximate surface area is 119 Å². The molecule has 1 aliphatic heterocycles. The summed E-state index contributed by atoms with van der Waals surface area (Å²) in [6, 6.07) is 0.713. The van der Waals surface area contributed by atoms with Crippen molar-refractivity contribution in [2.24, 2.45) is 5.92 Å². The monoisotopic (exact) mass is 277 g/mol. The Bertz CT molecular complexity index is 493. The lowest BCUT2D eigenvalue weighted by atomic mass is 10.1. The second-order valence-corrected chi connectivity index (χ2v) is 6.44. The minimum Gasteiger partial charge on any atom is -0.435 e. The molecule has 0 bridgehead atoms. The molecule has 1 saturated carbocycles. The molecular formula is C15H23N3O2. The summed E-state index contributed by atoms with van der Waals surface area (Å²) in [7, 11) is 0. The van der Waals surface area contributed by atoms with Crippen LogP contribution in [0.1, 0.15) is 56.0 Å². The largest absolute Gasteiger partial charge is 0.435 e. The average molecular weight is 277 g/mol. The van der Waals surface area contributed by atoms with Crippen LogP contribution in [-0.4, -0.2) is 41.0 Å². The van der Waals surface area contributed by atoms with Gasteiger partial charge in [0.25, 0.3) is 5.91 Å². The Morgan fingerprint density at radius 3 is 2.80 bits per heavy atom. The first-order valence-corrected chi connectivity index (χ1v) is 7.55. The van der Waals surface area contributed by atoms with Gasteiger partial charge in [0.1, 0.15) is 0 Å². The van der Waals surface area contributed by atoms with E-state index in [1.807, 2.05) is 0 Å². The van der Waals surface area contributed by atoms with Crippen LogP contribution in [0.5, 0.6) is 0 Å². The second kappa shape index (κ2) is 5.20. The summed E-state index contributed by atoms with van der Waals surface area (Å²) in [5.41, 5.74) is 0. The van der Waals surface area contributed by atoms with Crippen molar-refractivity contribution in [1.29, 1.82) is 0 Å². The van der Waals surface area contributed by atoms with Crippen molar-refractivity contribution in [3.8, 4) is 0 Å². The van der Waals surface area contributed by atoms with Gasteiger partial charge in [0.2, 0.25) is 5.76 Å². The van der Waals surface area contributed by atoms with Gasteiger partial charge in [-0.1, -0.05) is 6.92 Å². The van der Waals surface area contributed by atoms with E-state index >= 15 is 0 Å². The number of likely N-dealkylation sites (tertiary alicyclic amines) is 1. The van der Waals surface area contributed by atoms with Gasteiger partial charge in [0, 0.05) is 31.1 Å². The third-order valence-corrected chi connectivity index (χ3v) is 4.36. The van der Waals surface area contributed by atoms with Crippen LogP contribution in [0.2, 0.25) is 0 Å². The second-order valence-electron chi connectivity index (χ2n) is 6.44. The number of oxazole rings is 1. The first-order chi connectivity index (χ1) is 9.54. The van der Waals surface area contributed by atoms with E-state index < -0.39 is 0 Å². The van der Waals surface area contributed by atoms with Gasteiger partial charge in [0.05, 0.1) is 6.20 Å². The molecule has 2 atom stereocenters. The molecule has 1 aliphatic carbocycles. The number of hydrogen-bond acceptors (Lipinski definition) is 4. The highest BCUT2D eigenvalue weighted by Crippen LogP contribution is 2.39. The number of carbonyl (C=O) groups is 1. The van der Waals surface area contributed by atoms with Crippen LogP contribution in [0.15, 0.2) is 10.6 Å². The van der Waals surface area contributed by atoms with Crippen LogP contribution in [-0.2, 0) is 0 Å². The SMILES string of the molecule is CC1CN(C(C)C)CC1NC(=O)c1cnc(C2CC2)o1. The molecule has 20 heavy (non-hydrogen) atoms. The predicted octanol–water partition coefficient (Wildman–Crippen LogP) is 2.01. The van der Waals surface area contributed by atoms with E-state index in [1.165, 1.54) is 0 Å². The van der Waals surface area contributed by atoms with Crippen molar-refractivity contribution in [3.63, 3.8) is 0 Å². The van der Waals surface area contributed by atoms with Crippen molar-refractivity contribution < 1.29 is 9.21 Å². The zero-order valence-corrected chi connectivity index (χ0v) is 12.4. The molecule has 3 rings (SSSR count). The smallest absolute Gasteiger partial charge is 0.288 e. The summed E-state index contributed by atoms with van der Waals surface area (Å²) < 4.78 is 5.55. The van der Waals surface area contributed by atoms with Crippen LogP contribution in [0.4, 0.5) is 0 Å². The van der Waals surface area contributed by atoms with Crippen LogP contribution in [0.25, 0.3) is 0 Å². The van der Waals surface area contributed by atoms with Gasteiger partial charge in [-0.05, 0) is 32.6 Å². The molecule has 0 aromatic carbocycles. The standard InChI is InChI=1S/C15H23N3O2/c1-9(2)18-7-10(3)12(8-18)17-14(19)13-6-16-15(20-13)11-4-5-11/h6,9-12H,4-5,7-8H2,1-3H3,(H,17,19). The molecule has 2 heterocycles. The van der Waals surface area contributed by atoms with E-state index in [4.69, 9.17) is 4.42 Å². The maximum atomic E-state index is 12.2. The van der Waals surface area contributed by atoms with E-state index in [-0.39, 0.29) is 11.9 Å². The molecule has 2 aliphatic rings. The fourth-order valence-electron chi connectivity index (χ4n) is 2.76. The highest BCUT2D eigenvalue weighted by Gasteiger charge is 2.33. The average Bonchev–Trinajstić information content (AvgIpc) is 3.01. The molecule has 2 fully saturated rings. The van der Waals surface area contributed by atoms with Crippen molar-refractivity contribution in [2.75, 3.05) is 13.1 Å². The van der Waals surface area contributed by atoms with Crippen molar-refractivity contribution >= 4 is 5.91 Å². The summed E-state index contributed by atoms with van der Waals surface area (Å²) in [4.78, 5) is 18.8. The predicted molar refractivity (Wildman–Crippen MR) is 75.6 cm³/mol. The number of carbonyl (C=O) groups excluding carboxylic acids is 1. The van der Waals surface area contributed by atoms with Gasteiger partial charge in [-0.2, -0.15) is 0 Å². The topological polar surface area (TPSA) is 58.4 Å². The van der Waals surface area contributed by atoms with E-state index in [2.05, 4.69) is 36.0 Å². The zero-order chi connectivity index (χ0) is 14.3. The van der Waals surface area contributed by atoms with Crippen LogP contribution >= 0.6 is 0 Å². The molecule has 2 unspecified atom stereocenters. The zero-order valence-electron chi connectivity index (χ0n) is 12.4. The van der Waals surface area contributed by atoms with E-state index in [0.29, 0.717) is 23.6 Å². The number of rotatable bonds is 4. The van der Waals surface area contributed by atoms with E-state index in [0.717, 1.165) is 31.8 Å². The molecule has 1 aromatic heterocycles. The summed E-state index contributed by atoms with van der Waals surface area (Å²) in [6.45, 7) is 8.51. The van der Waals surface area contributed by atoms with Gasteiger partial charge in [-0.25, -0.2) is 4.98 Å². The summed E-state index contributed by atoms with van der Waals surface area (Å²) in [5.74, 6) is 1.85.